The molecule has 1 aromatic carbocycles. The first-order valence-corrected chi connectivity index (χ1v) is 6.37. The molecular weight excluding hydrogens is 346 g/mol. The van der Waals surface area contributed by atoms with Gasteiger partial charge in [-0.05, 0) is 25.1 Å². The number of hydrogen-bond donors (Lipinski definition) is 1. The summed E-state index contributed by atoms with van der Waals surface area (Å²) in [6.07, 6.45) is 0. The van der Waals surface area contributed by atoms with Gasteiger partial charge in [-0.25, -0.2) is 9.78 Å². The van der Waals surface area contributed by atoms with Crippen LogP contribution in [0.15, 0.2) is 28.7 Å². The maximum atomic E-state index is 11.0. The Labute approximate surface area is 126 Å². The predicted molar refractivity (Wildman–Crippen MR) is 74.6 cm³/mol. The van der Waals surface area contributed by atoms with Crippen LogP contribution in [0.25, 0.3) is 0 Å². The fraction of sp³-hybridized carbons (Fsp3) is 0.0833. The van der Waals surface area contributed by atoms with Crippen molar-refractivity contribution in [2.24, 2.45) is 0 Å². The molecule has 1 N–H and O–H groups in total. The Morgan fingerprint density at radius 3 is 2.71 bits per heavy atom. The molecule has 0 saturated carbocycles. The Bertz CT molecular complexity index is 735. The zero-order valence-electron chi connectivity index (χ0n) is 10.6. The summed E-state index contributed by atoms with van der Waals surface area (Å²) in [7, 11) is 0. The van der Waals surface area contributed by atoms with Crippen LogP contribution in [0.5, 0.6) is 11.8 Å². The van der Waals surface area contributed by atoms with E-state index in [0.29, 0.717) is 10.2 Å². The Kier molecular flexibility index (Phi) is 4.13. The molecule has 0 aliphatic carbocycles. The van der Waals surface area contributed by atoms with Crippen molar-refractivity contribution < 1.29 is 19.6 Å². The van der Waals surface area contributed by atoms with Crippen molar-refractivity contribution in [3.8, 4) is 11.8 Å². The maximum absolute atomic E-state index is 11.0. The second-order valence-electron chi connectivity index (χ2n) is 3.95. The molecule has 0 radical (unpaired) electrons. The molecule has 9 heteroatoms. The number of nitrogens with zero attached hydrogens (tertiary/aromatic N) is 3. The summed E-state index contributed by atoms with van der Waals surface area (Å²) in [6.45, 7) is 1.57. The van der Waals surface area contributed by atoms with Crippen LogP contribution in [0.2, 0.25) is 0 Å². The number of carboxylic acid groups (broad SMARTS) is 1. The summed E-state index contributed by atoms with van der Waals surface area (Å²) in [5, 5.41) is 19.9. The van der Waals surface area contributed by atoms with Crippen molar-refractivity contribution in [3.05, 3.63) is 50.2 Å². The second-order valence-corrected chi connectivity index (χ2v) is 4.87. The van der Waals surface area contributed by atoms with E-state index in [0.717, 1.165) is 0 Å². The van der Waals surface area contributed by atoms with Gasteiger partial charge in [0.1, 0.15) is 0 Å². The highest BCUT2D eigenvalue weighted by molar-refractivity contribution is 9.10. The fourth-order valence-electron chi connectivity index (χ4n) is 1.51. The highest BCUT2D eigenvalue weighted by Crippen LogP contribution is 2.32. The molecule has 0 aliphatic heterocycles. The summed E-state index contributed by atoms with van der Waals surface area (Å²) < 4.78 is 5.76. The highest BCUT2D eigenvalue weighted by atomic mass is 79.9. The number of hydrogen-bond acceptors (Lipinski definition) is 6. The lowest BCUT2D eigenvalue weighted by atomic mass is 10.3. The second kappa shape index (κ2) is 5.83. The van der Waals surface area contributed by atoms with Gasteiger partial charge in [-0.2, -0.15) is 4.98 Å². The molecular formula is C12H8BrN3O5. The van der Waals surface area contributed by atoms with E-state index in [9.17, 15) is 14.9 Å². The number of benzene rings is 1. The minimum Gasteiger partial charge on any atom is -0.477 e. The number of carbonyl (C=O) groups is 1. The van der Waals surface area contributed by atoms with E-state index in [-0.39, 0.29) is 23.1 Å². The van der Waals surface area contributed by atoms with E-state index in [4.69, 9.17) is 9.84 Å². The van der Waals surface area contributed by atoms with Crippen LogP contribution < -0.4 is 4.74 Å². The maximum Gasteiger partial charge on any atom is 0.354 e. The first kappa shape index (κ1) is 14.9. The van der Waals surface area contributed by atoms with Gasteiger partial charge in [0, 0.05) is 16.2 Å². The number of carboxylic acids is 1. The number of rotatable bonds is 4. The van der Waals surface area contributed by atoms with E-state index < -0.39 is 10.9 Å². The largest absolute Gasteiger partial charge is 0.477 e. The average Bonchev–Trinajstić information content (AvgIpc) is 2.40. The van der Waals surface area contributed by atoms with Gasteiger partial charge in [0.05, 0.1) is 4.92 Å². The molecule has 0 saturated heterocycles. The van der Waals surface area contributed by atoms with Gasteiger partial charge in [-0.1, -0.05) is 15.9 Å². The third kappa shape index (κ3) is 3.51. The van der Waals surface area contributed by atoms with Gasteiger partial charge < -0.3 is 9.84 Å². The van der Waals surface area contributed by atoms with Crippen LogP contribution in [0.3, 0.4) is 0 Å². The smallest absolute Gasteiger partial charge is 0.354 e. The summed E-state index contributed by atoms with van der Waals surface area (Å²) in [6, 6.07) is 5.19. The van der Waals surface area contributed by atoms with E-state index >= 15 is 0 Å². The van der Waals surface area contributed by atoms with Crippen LogP contribution in [0.4, 0.5) is 5.69 Å². The van der Waals surface area contributed by atoms with Gasteiger partial charge in [0.15, 0.2) is 5.69 Å². The molecule has 0 atom stereocenters. The molecule has 21 heavy (non-hydrogen) atoms. The Morgan fingerprint density at radius 2 is 2.10 bits per heavy atom. The standard InChI is InChI=1S/C12H8BrN3O5/c1-6-4-8(11(17)18)15-12(14-6)21-10-3-2-7(13)5-9(10)16(19)20/h2-5H,1H3,(H,17,18). The number of aromatic nitrogens is 2. The van der Waals surface area contributed by atoms with Crippen LogP contribution in [-0.4, -0.2) is 26.0 Å². The Morgan fingerprint density at radius 1 is 1.38 bits per heavy atom. The monoisotopic (exact) mass is 353 g/mol. The van der Waals surface area contributed by atoms with Crippen LogP contribution in [-0.2, 0) is 0 Å². The van der Waals surface area contributed by atoms with Crippen molar-refractivity contribution in [2.45, 2.75) is 6.92 Å². The summed E-state index contributed by atoms with van der Waals surface area (Å²) in [5.74, 6) is -1.32. The molecule has 1 heterocycles. The number of nitro groups is 1. The average molecular weight is 354 g/mol. The molecule has 2 aromatic rings. The van der Waals surface area contributed by atoms with Gasteiger partial charge in [0.2, 0.25) is 5.75 Å². The van der Waals surface area contributed by atoms with E-state index in [2.05, 4.69) is 25.9 Å². The van der Waals surface area contributed by atoms with Gasteiger partial charge in [-0.15, -0.1) is 0 Å². The van der Waals surface area contributed by atoms with E-state index in [1.54, 1.807) is 13.0 Å². The van der Waals surface area contributed by atoms with E-state index in [1.165, 1.54) is 18.2 Å². The third-order valence-electron chi connectivity index (χ3n) is 2.37. The highest BCUT2D eigenvalue weighted by Gasteiger charge is 2.18. The molecule has 1 aromatic heterocycles. The molecule has 0 unspecified atom stereocenters. The molecule has 108 valence electrons. The minimum absolute atomic E-state index is 0.0786. The topological polar surface area (TPSA) is 115 Å². The SMILES string of the molecule is Cc1cc(C(=O)O)nc(Oc2ccc(Br)cc2[N+](=O)[O-])n1. The Balaban J connectivity index is 2.43. The molecule has 0 bridgehead atoms. The molecule has 0 amide bonds. The zero-order chi connectivity index (χ0) is 15.6. The number of ether oxygens (including phenoxy) is 1. The van der Waals surface area contributed by atoms with Gasteiger partial charge in [0.25, 0.3) is 0 Å². The van der Waals surface area contributed by atoms with Gasteiger partial charge >= 0.3 is 17.7 Å². The third-order valence-corrected chi connectivity index (χ3v) is 2.86. The molecule has 0 fully saturated rings. The lowest BCUT2D eigenvalue weighted by Crippen LogP contribution is -2.05. The predicted octanol–water partition coefficient (Wildman–Crippen LogP) is 2.95. The van der Waals surface area contributed by atoms with E-state index in [1.807, 2.05) is 0 Å². The zero-order valence-corrected chi connectivity index (χ0v) is 12.2. The minimum atomic E-state index is -1.24. The molecule has 2 rings (SSSR count). The van der Waals surface area contributed by atoms with Crippen molar-refractivity contribution >= 4 is 27.6 Å². The van der Waals surface area contributed by atoms with Crippen molar-refractivity contribution in [3.63, 3.8) is 0 Å². The number of halogens is 1. The number of nitro benzene ring substituents is 1. The first-order chi connectivity index (χ1) is 9.86. The van der Waals surface area contributed by atoms with Crippen LogP contribution in [0.1, 0.15) is 16.2 Å². The Hall–Kier alpha value is -2.55. The summed E-state index contributed by atoms with van der Waals surface area (Å²) >= 11 is 3.12. The van der Waals surface area contributed by atoms with Crippen molar-refractivity contribution in [1.29, 1.82) is 0 Å². The number of aromatic carboxylic acids is 1. The van der Waals surface area contributed by atoms with Crippen molar-refractivity contribution in [2.75, 3.05) is 0 Å². The van der Waals surface area contributed by atoms with Gasteiger partial charge in [-0.3, -0.25) is 10.1 Å². The van der Waals surface area contributed by atoms with Crippen LogP contribution in [0, 0.1) is 17.0 Å². The first-order valence-electron chi connectivity index (χ1n) is 5.57. The quantitative estimate of drug-likeness (QED) is 0.663. The molecule has 8 nitrogen and oxygen atoms in total. The van der Waals surface area contributed by atoms with Crippen LogP contribution >= 0.6 is 15.9 Å². The van der Waals surface area contributed by atoms with Crippen molar-refractivity contribution in [1.82, 2.24) is 9.97 Å². The lowest BCUT2D eigenvalue weighted by molar-refractivity contribution is -0.385. The molecule has 0 aliphatic rings. The number of aryl methyl sites for hydroxylation is 1. The summed E-state index contributed by atoms with van der Waals surface area (Å²) in [5.41, 5.74) is -0.166. The fourth-order valence-corrected chi connectivity index (χ4v) is 1.86. The summed E-state index contributed by atoms with van der Waals surface area (Å²) in [4.78, 5) is 28.9. The normalized spacial score (nSPS) is 10.2. The molecule has 0 spiro atoms. The lowest BCUT2D eigenvalue weighted by Gasteiger charge is -2.06.